The lowest BCUT2D eigenvalue weighted by atomic mass is 10.3. The van der Waals surface area contributed by atoms with Gasteiger partial charge in [-0.05, 0) is 18.4 Å². The molecular formula is C10H12N4S. The Balaban J connectivity index is 2.67. The first-order valence-corrected chi connectivity index (χ1v) is 5.62. The van der Waals surface area contributed by atoms with Crippen LogP contribution in [-0.4, -0.2) is 28.4 Å². The molecule has 5 heteroatoms. The number of hydrogen-bond acceptors (Lipinski definition) is 4. The average molecular weight is 220 g/mol. The van der Waals surface area contributed by atoms with Crippen molar-refractivity contribution in [1.29, 1.82) is 5.26 Å². The second kappa shape index (κ2) is 6.04. The van der Waals surface area contributed by atoms with Crippen LogP contribution in [0.5, 0.6) is 0 Å². The summed E-state index contributed by atoms with van der Waals surface area (Å²) in [5, 5.41) is 9.19. The van der Waals surface area contributed by atoms with Gasteiger partial charge in [0, 0.05) is 13.2 Å². The van der Waals surface area contributed by atoms with E-state index in [-0.39, 0.29) is 0 Å². The normalized spacial score (nSPS) is 10.9. The Bertz CT molecular complexity index is 369. The highest BCUT2D eigenvalue weighted by Gasteiger charge is 2.06. The molecule has 0 atom stereocenters. The molecule has 0 bridgehead atoms. The predicted molar refractivity (Wildman–Crippen MR) is 62.3 cm³/mol. The zero-order valence-corrected chi connectivity index (χ0v) is 9.53. The molecule has 0 fully saturated rings. The molecule has 0 aliphatic rings. The third-order valence-corrected chi connectivity index (χ3v) is 2.55. The lowest BCUT2D eigenvalue weighted by molar-refractivity contribution is 0.502. The molecule has 0 saturated carbocycles. The van der Waals surface area contributed by atoms with Gasteiger partial charge in [0.05, 0.1) is 12.2 Å². The van der Waals surface area contributed by atoms with E-state index in [1.807, 2.05) is 36.4 Å². The minimum absolute atomic E-state index is 0.655. The summed E-state index contributed by atoms with van der Waals surface area (Å²) in [6, 6.07) is 5.76. The van der Waals surface area contributed by atoms with E-state index in [2.05, 4.69) is 9.98 Å². The maximum atomic E-state index is 8.49. The second-order valence-electron chi connectivity index (χ2n) is 2.88. The number of thioether (sulfide) groups is 1. The van der Waals surface area contributed by atoms with Gasteiger partial charge in [-0.1, -0.05) is 17.8 Å². The molecule has 1 aromatic heterocycles. The van der Waals surface area contributed by atoms with E-state index in [1.54, 1.807) is 12.4 Å². The molecule has 0 aliphatic carbocycles. The highest BCUT2D eigenvalue weighted by Crippen LogP contribution is 2.07. The van der Waals surface area contributed by atoms with Crippen molar-refractivity contribution in [2.45, 2.75) is 6.54 Å². The zero-order valence-electron chi connectivity index (χ0n) is 8.71. The van der Waals surface area contributed by atoms with Crippen LogP contribution in [-0.2, 0) is 6.54 Å². The fourth-order valence-corrected chi connectivity index (χ4v) is 1.64. The van der Waals surface area contributed by atoms with E-state index in [0.717, 1.165) is 5.69 Å². The Hall–Kier alpha value is -1.54. The van der Waals surface area contributed by atoms with E-state index in [9.17, 15) is 0 Å². The highest BCUT2D eigenvalue weighted by atomic mass is 32.2. The minimum Gasteiger partial charge on any atom is -0.348 e. The Morgan fingerprint density at radius 3 is 3.00 bits per heavy atom. The third kappa shape index (κ3) is 3.60. The molecule has 0 radical (unpaired) electrons. The van der Waals surface area contributed by atoms with Crippen molar-refractivity contribution in [3.05, 3.63) is 30.1 Å². The molecule has 4 nitrogen and oxygen atoms in total. The average Bonchev–Trinajstić information content (AvgIpc) is 2.27. The van der Waals surface area contributed by atoms with Crippen molar-refractivity contribution in [3.8, 4) is 6.19 Å². The Kier molecular flexibility index (Phi) is 4.64. The lowest BCUT2D eigenvalue weighted by Crippen LogP contribution is -2.23. The summed E-state index contributed by atoms with van der Waals surface area (Å²) in [7, 11) is 1.89. The first-order chi connectivity index (χ1) is 7.27. The van der Waals surface area contributed by atoms with Gasteiger partial charge in [0.15, 0.2) is 5.17 Å². The monoisotopic (exact) mass is 220 g/mol. The number of pyridine rings is 1. The van der Waals surface area contributed by atoms with Crippen molar-refractivity contribution in [3.63, 3.8) is 0 Å². The molecule has 1 heterocycles. The van der Waals surface area contributed by atoms with Gasteiger partial charge in [0.25, 0.3) is 0 Å². The van der Waals surface area contributed by atoms with Gasteiger partial charge in [0.1, 0.15) is 0 Å². The standard InChI is InChI=1S/C10H12N4S/c1-14(10(15-2)13-8-11)7-9-5-3-4-6-12-9/h3-6H,7H2,1-2H3. The summed E-state index contributed by atoms with van der Waals surface area (Å²) < 4.78 is 0. The fourth-order valence-electron chi connectivity index (χ4n) is 1.13. The van der Waals surface area contributed by atoms with Gasteiger partial charge < -0.3 is 4.90 Å². The minimum atomic E-state index is 0.655. The van der Waals surface area contributed by atoms with E-state index < -0.39 is 0 Å². The van der Waals surface area contributed by atoms with Crippen LogP contribution >= 0.6 is 11.8 Å². The van der Waals surface area contributed by atoms with Gasteiger partial charge in [-0.25, -0.2) is 0 Å². The molecule has 15 heavy (non-hydrogen) atoms. The Morgan fingerprint density at radius 1 is 1.67 bits per heavy atom. The van der Waals surface area contributed by atoms with E-state index in [1.165, 1.54) is 11.8 Å². The summed E-state index contributed by atoms with van der Waals surface area (Å²) >= 11 is 1.45. The van der Waals surface area contributed by atoms with Gasteiger partial charge >= 0.3 is 0 Å². The summed E-state index contributed by atoms with van der Waals surface area (Å²) in [5.74, 6) is 0. The molecule has 0 aromatic carbocycles. The Morgan fingerprint density at radius 2 is 2.47 bits per heavy atom. The van der Waals surface area contributed by atoms with Crippen molar-refractivity contribution in [2.75, 3.05) is 13.3 Å². The van der Waals surface area contributed by atoms with Crippen LogP contribution in [0.25, 0.3) is 0 Å². The van der Waals surface area contributed by atoms with Crippen LogP contribution in [0.2, 0.25) is 0 Å². The molecule has 1 aromatic rings. The molecule has 0 spiro atoms. The number of aromatic nitrogens is 1. The van der Waals surface area contributed by atoms with Crippen LogP contribution < -0.4 is 0 Å². The summed E-state index contributed by atoms with van der Waals surface area (Å²) in [5.41, 5.74) is 0.958. The molecule has 78 valence electrons. The number of amidine groups is 1. The van der Waals surface area contributed by atoms with Gasteiger partial charge in [-0.15, -0.1) is 4.99 Å². The van der Waals surface area contributed by atoms with Crippen molar-refractivity contribution >= 4 is 16.9 Å². The first-order valence-electron chi connectivity index (χ1n) is 4.39. The largest absolute Gasteiger partial charge is 0.348 e. The van der Waals surface area contributed by atoms with Crippen molar-refractivity contribution in [1.82, 2.24) is 9.88 Å². The van der Waals surface area contributed by atoms with Crippen LogP contribution in [0.1, 0.15) is 5.69 Å². The zero-order chi connectivity index (χ0) is 11.1. The number of nitriles is 1. The lowest BCUT2D eigenvalue weighted by Gasteiger charge is -2.17. The fraction of sp³-hybridized carbons (Fsp3) is 0.300. The highest BCUT2D eigenvalue weighted by molar-refractivity contribution is 8.13. The molecule has 0 aliphatic heterocycles. The van der Waals surface area contributed by atoms with Crippen LogP contribution in [0, 0.1) is 11.5 Å². The topological polar surface area (TPSA) is 52.3 Å². The second-order valence-corrected chi connectivity index (χ2v) is 3.65. The molecule has 0 amide bonds. The predicted octanol–water partition coefficient (Wildman–Crippen LogP) is 1.71. The third-order valence-electron chi connectivity index (χ3n) is 1.78. The van der Waals surface area contributed by atoms with Crippen LogP contribution in [0.3, 0.4) is 0 Å². The van der Waals surface area contributed by atoms with E-state index in [0.29, 0.717) is 11.7 Å². The number of rotatable bonds is 2. The van der Waals surface area contributed by atoms with Crippen LogP contribution in [0.4, 0.5) is 0 Å². The maximum absolute atomic E-state index is 8.49. The van der Waals surface area contributed by atoms with Crippen molar-refractivity contribution in [2.24, 2.45) is 4.99 Å². The molecule has 0 N–H and O–H groups in total. The first kappa shape index (κ1) is 11.5. The van der Waals surface area contributed by atoms with Gasteiger partial charge in [-0.2, -0.15) is 5.26 Å². The maximum Gasteiger partial charge on any atom is 0.208 e. The van der Waals surface area contributed by atoms with Crippen molar-refractivity contribution < 1.29 is 0 Å². The summed E-state index contributed by atoms with van der Waals surface area (Å²) in [6.07, 6.45) is 5.44. The van der Waals surface area contributed by atoms with Gasteiger partial charge in [-0.3, -0.25) is 4.98 Å². The molecule has 0 saturated heterocycles. The van der Waals surface area contributed by atoms with Gasteiger partial charge in [0.2, 0.25) is 6.19 Å². The molecular weight excluding hydrogens is 208 g/mol. The SMILES string of the molecule is CSC(=NC#N)N(C)Cc1ccccn1. The number of hydrogen-bond donors (Lipinski definition) is 0. The van der Waals surface area contributed by atoms with Crippen LogP contribution in [0.15, 0.2) is 29.4 Å². The summed E-state index contributed by atoms with van der Waals surface area (Å²) in [6.45, 7) is 0.655. The van der Waals surface area contributed by atoms with E-state index >= 15 is 0 Å². The van der Waals surface area contributed by atoms with E-state index in [4.69, 9.17) is 5.26 Å². The number of nitrogens with zero attached hydrogens (tertiary/aromatic N) is 4. The number of aliphatic imine (C=N–C) groups is 1. The molecule has 1 rings (SSSR count). The quantitative estimate of drug-likeness (QED) is 0.432. The smallest absolute Gasteiger partial charge is 0.208 e. The molecule has 0 unspecified atom stereocenters. The Labute approximate surface area is 93.6 Å². The summed E-state index contributed by atoms with van der Waals surface area (Å²) in [4.78, 5) is 9.83.